The van der Waals surface area contributed by atoms with Crippen LogP contribution in [0, 0.1) is 5.92 Å². The molecule has 0 bridgehead atoms. The summed E-state index contributed by atoms with van der Waals surface area (Å²) < 4.78 is 0. The summed E-state index contributed by atoms with van der Waals surface area (Å²) in [4.78, 5) is 11.6. The lowest BCUT2D eigenvalue weighted by molar-refractivity contribution is 0.0951. The van der Waals surface area contributed by atoms with Crippen LogP contribution in [0.25, 0.3) is 0 Å². The lowest BCUT2D eigenvalue weighted by Gasteiger charge is -2.22. The van der Waals surface area contributed by atoms with E-state index in [1.165, 1.54) is 12.8 Å². The molecule has 2 N–H and O–H groups in total. The highest BCUT2D eigenvalue weighted by Gasteiger charge is 2.13. The largest absolute Gasteiger partial charge is 0.352 e. The number of hydrogen-bond donors (Lipinski definition) is 2. The Morgan fingerprint density at radius 1 is 1.62 bits per heavy atom. The monoisotopic (exact) mass is 238 g/mol. The molecule has 0 radical (unpaired) electrons. The van der Waals surface area contributed by atoms with E-state index in [0.717, 1.165) is 37.5 Å². The molecule has 0 aromatic carbocycles. The third kappa shape index (κ3) is 3.32. The van der Waals surface area contributed by atoms with Gasteiger partial charge >= 0.3 is 0 Å². The molecule has 1 aromatic heterocycles. The number of nitrogens with one attached hydrogen (secondary N) is 2. The number of thiophene rings is 1. The average Bonchev–Trinajstić information content (AvgIpc) is 2.84. The minimum Gasteiger partial charge on any atom is -0.352 e. The second kappa shape index (κ2) is 6.01. The standard InChI is InChI=1S/C12H18N2OS/c15-12(11-4-7-16-9-11)14-6-3-10-2-1-5-13-8-10/h4,7,9-10,13H,1-3,5-6,8H2,(H,14,15)/t10-/m1/s1. The van der Waals surface area contributed by atoms with E-state index in [1.54, 1.807) is 11.3 Å². The molecule has 0 spiro atoms. The number of hydrogen-bond acceptors (Lipinski definition) is 3. The summed E-state index contributed by atoms with van der Waals surface area (Å²) >= 11 is 1.56. The van der Waals surface area contributed by atoms with Crippen molar-refractivity contribution in [3.05, 3.63) is 22.4 Å². The van der Waals surface area contributed by atoms with Gasteiger partial charge in [-0.1, -0.05) is 0 Å². The Bertz CT molecular complexity index is 318. The van der Waals surface area contributed by atoms with E-state index in [9.17, 15) is 4.79 Å². The Kier molecular flexibility index (Phi) is 4.36. The van der Waals surface area contributed by atoms with Crippen molar-refractivity contribution >= 4 is 17.2 Å². The Labute approximate surface area is 100 Å². The molecule has 88 valence electrons. The maximum absolute atomic E-state index is 11.6. The SMILES string of the molecule is O=C(NCC[C@H]1CCCNC1)c1ccsc1. The smallest absolute Gasteiger partial charge is 0.252 e. The summed E-state index contributed by atoms with van der Waals surface area (Å²) in [5, 5.41) is 10.2. The van der Waals surface area contributed by atoms with E-state index in [0.29, 0.717) is 0 Å². The average molecular weight is 238 g/mol. The lowest BCUT2D eigenvalue weighted by Crippen LogP contribution is -2.33. The van der Waals surface area contributed by atoms with E-state index < -0.39 is 0 Å². The first-order chi connectivity index (χ1) is 7.86. The van der Waals surface area contributed by atoms with Crippen molar-refractivity contribution < 1.29 is 4.79 Å². The van der Waals surface area contributed by atoms with E-state index in [1.807, 2.05) is 16.8 Å². The van der Waals surface area contributed by atoms with Gasteiger partial charge in [0, 0.05) is 17.5 Å². The van der Waals surface area contributed by atoms with Gasteiger partial charge in [-0.3, -0.25) is 4.79 Å². The van der Waals surface area contributed by atoms with Gasteiger partial charge in [-0.05, 0) is 49.7 Å². The lowest BCUT2D eigenvalue weighted by atomic mass is 9.96. The van der Waals surface area contributed by atoms with Crippen LogP contribution in [-0.2, 0) is 0 Å². The second-order valence-electron chi connectivity index (χ2n) is 4.27. The van der Waals surface area contributed by atoms with Gasteiger partial charge < -0.3 is 10.6 Å². The molecular formula is C12H18N2OS. The van der Waals surface area contributed by atoms with Crippen molar-refractivity contribution in [2.24, 2.45) is 5.92 Å². The third-order valence-corrected chi connectivity index (χ3v) is 3.70. The quantitative estimate of drug-likeness (QED) is 0.840. The Morgan fingerprint density at radius 2 is 2.56 bits per heavy atom. The first-order valence-corrected chi connectivity index (χ1v) is 6.81. The van der Waals surface area contributed by atoms with Crippen molar-refractivity contribution in [2.45, 2.75) is 19.3 Å². The first kappa shape index (κ1) is 11.6. The van der Waals surface area contributed by atoms with Crippen LogP contribution >= 0.6 is 11.3 Å². The zero-order valence-corrected chi connectivity index (χ0v) is 10.2. The maximum atomic E-state index is 11.6. The molecule has 1 aromatic rings. The van der Waals surface area contributed by atoms with Crippen LogP contribution in [0.2, 0.25) is 0 Å². The maximum Gasteiger partial charge on any atom is 0.252 e. The predicted molar refractivity (Wildman–Crippen MR) is 66.9 cm³/mol. The van der Waals surface area contributed by atoms with E-state index in [2.05, 4.69) is 10.6 Å². The minimum absolute atomic E-state index is 0.0602. The number of piperidine rings is 1. The summed E-state index contributed by atoms with van der Waals surface area (Å²) in [5.41, 5.74) is 0.784. The fourth-order valence-corrected chi connectivity index (χ4v) is 2.69. The molecule has 1 aliphatic rings. The summed E-state index contributed by atoms with van der Waals surface area (Å²) in [7, 11) is 0. The van der Waals surface area contributed by atoms with Gasteiger partial charge in [0.1, 0.15) is 0 Å². The van der Waals surface area contributed by atoms with Gasteiger partial charge in [0.25, 0.3) is 5.91 Å². The predicted octanol–water partition coefficient (Wildman–Crippen LogP) is 1.87. The molecule has 1 fully saturated rings. The van der Waals surface area contributed by atoms with Crippen molar-refractivity contribution in [3.63, 3.8) is 0 Å². The van der Waals surface area contributed by atoms with Crippen molar-refractivity contribution in [2.75, 3.05) is 19.6 Å². The van der Waals surface area contributed by atoms with Crippen LogP contribution in [0.4, 0.5) is 0 Å². The molecule has 2 heterocycles. The van der Waals surface area contributed by atoms with Crippen LogP contribution in [0.3, 0.4) is 0 Å². The number of carbonyl (C=O) groups excluding carboxylic acids is 1. The molecule has 1 amide bonds. The van der Waals surface area contributed by atoms with Crippen molar-refractivity contribution in [3.8, 4) is 0 Å². The normalized spacial score (nSPS) is 20.6. The van der Waals surface area contributed by atoms with Crippen molar-refractivity contribution in [1.29, 1.82) is 0 Å². The molecule has 4 heteroatoms. The number of carbonyl (C=O) groups is 1. The van der Waals surface area contributed by atoms with Gasteiger partial charge in [0.05, 0.1) is 0 Å². The van der Waals surface area contributed by atoms with Crippen LogP contribution in [0.15, 0.2) is 16.8 Å². The molecule has 3 nitrogen and oxygen atoms in total. The molecule has 1 saturated heterocycles. The Balaban J connectivity index is 1.66. The molecule has 16 heavy (non-hydrogen) atoms. The molecule has 0 unspecified atom stereocenters. The fraction of sp³-hybridized carbons (Fsp3) is 0.583. The van der Waals surface area contributed by atoms with Crippen LogP contribution in [0.5, 0.6) is 0 Å². The van der Waals surface area contributed by atoms with Crippen LogP contribution < -0.4 is 10.6 Å². The summed E-state index contributed by atoms with van der Waals surface area (Å²) in [5.74, 6) is 0.793. The Morgan fingerprint density at radius 3 is 3.25 bits per heavy atom. The van der Waals surface area contributed by atoms with E-state index in [-0.39, 0.29) is 5.91 Å². The fourth-order valence-electron chi connectivity index (χ4n) is 2.06. The van der Waals surface area contributed by atoms with Crippen molar-refractivity contribution in [1.82, 2.24) is 10.6 Å². The van der Waals surface area contributed by atoms with E-state index in [4.69, 9.17) is 0 Å². The zero-order chi connectivity index (χ0) is 11.2. The minimum atomic E-state index is 0.0602. The first-order valence-electron chi connectivity index (χ1n) is 5.87. The summed E-state index contributed by atoms with van der Waals surface area (Å²) in [6, 6.07) is 1.86. The van der Waals surface area contributed by atoms with Gasteiger partial charge in [-0.15, -0.1) is 0 Å². The van der Waals surface area contributed by atoms with Gasteiger partial charge in [0.15, 0.2) is 0 Å². The molecule has 0 aliphatic carbocycles. The molecule has 0 saturated carbocycles. The van der Waals surface area contributed by atoms with E-state index >= 15 is 0 Å². The Hall–Kier alpha value is -0.870. The molecule has 1 aliphatic heterocycles. The van der Waals surface area contributed by atoms with Crippen LogP contribution in [0.1, 0.15) is 29.6 Å². The zero-order valence-electron chi connectivity index (χ0n) is 9.37. The summed E-state index contributed by atoms with van der Waals surface area (Å²) in [6.45, 7) is 3.05. The van der Waals surface area contributed by atoms with Gasteiger partial charge in [-0.25, -0.2) is 0 Å². The second-order valence-corrected chi connectivity index (χ2v) is 5.05. The van der Waals surface area contributed by atoms with Gasteiger partial charge in [-0.2, -0.15) is 11.3 Å². The topological polar surface area (TPSA) is 41.1 Å². The highest BCUT2D eigenvalue weighted by Crippen LogP contribution is 2.13. The molecule has 2 rings (SSSR count). The summed E-state index contributed by atoms with van der Waals surface area (Å²) in [6.07, 6.45) is 3.65. The number of rotatable bonds is 4. The highest BCUT2D eigenvalue weighted by atomic mass is 32.1. The highest BCUT2D eigenvalue weighted by molar-refractivity contribution is 7.08. The molecule has 1 atom stereocenters. The van der Waals surface area contributed by atoms with Crippen LogP contribution in [-0.4, -0.2) is 25.5 Å². The molecular weight excluding hydrogens is 220 g/mol. The third-order valence-electron chi connectivity index (χ3n) is 3.02. The number of amides is 1. The van der Waals surface area contributed by atoms with Gasteiger partial charge in [0.2, 0.25) is 0 Å².